The van der Waals surface area contributed by atoms with Crippen molar-refractivity contribution < 1.29 is 14.7 Å². The molecule has 1 aromatic rings. The van der Waals surface area contributed by atoms with Crippen LogP contribution in [0.15, 0.2) is 16.8 Å². The van der Waals surface area contributed by atoms with Gasteiger partial charge in [0.2, 0.25) is 0 Å². The van der Waals surface area contributed by atoms with Gasteiger partial charge in [0.05, 0.1) is 6.04 Å². The molecule has 0 saturated heterocycles. The Morgan fingerprint density at radius 3 is 2.53 bits per heavy atom. The number of thiophene rings is 1. The molecule has 0 spiro atoms. The van der Waals surface area contributed by atoms with Gasteiger partial charge in [-0.25, -0.2) is 9.59 Å². The van der Waals surface area contributed by atoms with Crippen LogP contribution in [0.25, 0.3) is 0 Å². The van der Waals surface area contributed by atoms with Gasteiger partial charge in [-0.05, 0) is 35.2 Å². The van der Waals surface area contributed by atoms with Gasteiger partial charge in [-0.3, -0.25) is 0 Å². The molecule has 3 atom stereocenters. The van der Waals surface area contributed by atoms with Crippen LogP contribution in [0, 0.1) is 5.92 Å². The van der Waals surface area contributed by atoms with E-state index in [2.05, 4.69) is 10.6 Å². The lowest BCUT2D eigenvalue weighted by Gasteiger charge is -2.21. The van der Waals surface area contributed by atoms with Gasteiger partial charge in [0.1, 0.15) is 6.04 Å². The van der Waals surface area contributed by atoms with Crippen molar-refractivity contribution in [3.8, 4) is 0 Å². The fraction of sp³-hybridized carbons (Fsp3) is 0.538. The minimum Gasteiger partial charge on any atom is -0.480 e. The molecule has 0 bridgehead atoms. The Morgan fingerprint density at radius 1 is 1.37 bits per heavy atom. The number of carboxylic acid groups (broad SMARTS) is 1. The van der Waals surface area contributed by atoms with E-state index in [1.54, 1.807) is 18.3 Å². The number of hydrogen-bond acceptors (Lipinski definition) is 3. The highest BCUT2D eigenvalue weighted by Gasteiger charge is 2.25. The lowest BCUT2D eigenvalue weighted by molar-refractivity contribution is -0.140. The van der Waals surface area contributed by atoms with Crippen molar-refractivity contribution >= 4 is 23.3 Å². The van der Waals surface area contributed by atoms with E-state index in [0.717, 1.165) is 5.56 Å². The largest absolute Gasteiger partial charge is 0.480 e. The van der Waals surface area contributed by atoms with E-state index in [1.807, 2.05) is 30.7 Å². The Hall–Kier alpha value is -1.56. The third-order valence-electron chi connectivity index (χ3n) is 3.16. The molecule has 0 radical (unpaired) electrons. The van der Waals surface area contributed by atoms with Crippen molar-refractivity contribution in [3.63, 3.8) is 0 Å². The normalized spacial score (nSPS) is 15.3. The summed E-state index contributed by atoms with van der Waals surface area (Å²) in [5.74, 6) is -1.12. The van der Waals surface area contributed by atoms with Gasteiger partial charge in [0, 0.05) is 0 Å². The first-order valence-corrected chi connectivity index (χ1v) is 7.21. The number of rotatable bonds is 6. The molecule has 0 fully saturated rings. The molecule has 3 N–H and O–H groups in total. The Labute approximate surface area is 117 Å². The molecule has 5 nitrogen and oxygen atoms in total. The van der Waals surface area contributed by atoms with E-state index < -0.39 is 18.0 Å². The molecule has 1 heterocycles. The summed E-state index contributed by atoms with van der Waals surface area (Å²) in [7, 11) is 0. The summed E-state index contributed by atoms with van der Waals surface area (Å²) in [6, 6.07) is 0.475. The molecule has 1 rings (SSSR count). The lowest BCUT2D eigenvalue weighted by atomic mass is 9.99. The molecule has 0 aliphatic heterocycles. The highest BCUT2D eigenvalue weighted by molar-refractivity contribution is 7.07. The van der Waals surface area contributed by atoms with E-state index in [-0.39, 0.29) is 12.0 Å². The maximum Gasteiger partial charge on any atom is 0.326 e. The molecular formula is C13H20N2O3S. The highest BCUT2D eigenvalue weighted by Crippen LogP contribution is 2.15. The number of carboxylic acids is 1. The molecule has 0 aliphatic carbocycles. The average molecular weight is 284 g/mol. The first-order chi connectivity index (χ1) is 8.95. The number of aliphatic carboxylic acids is 1. The molecule has 0 aromatic carbocycles. The summed E-state index contributed by atoms with van der Waals surface area (Å²) >= 11 is 1.56. The van der Waals surface area contributed by atoms with E-state index in [1.165, 1.54) is 0 Å². The quantitative estimate of drug-likeness (QED) is 0.751. The van der Waals surface area contributed by atoms with Crippen molar-refractivity contribution in [1.29, 1.82) is 0 Å². The fourth-order valence-corrected chi connectivity index (χ4v) is 2.42. The van der Waals surface area contributed by atoms with Crippen molar-refractivity contribution in [3.05, 3.63) is 22.4 Å². The molecular weight excluding hydrogens is 264 g/mol. The number of urea groups is 1. The minimum atomic E-state index is -1.01. The zero-order chi connectivity index (χ0) is 14.4. The van der Waals surface area contributed by atoms with Gasteiger partial charge in [-0.15, -0.1) is 0 Å². The van der Waals surface area contributed by atoms with E-state index in [9.17, 15) is 9.59 Å². The van der Waals surface area contributed by atoms with Crippen LogP contribution in [-0.2, 0) is 4.79 Å². The maximum absolute atomic E-state index is 11.8. The van der Waals surface area contributed by atoms with Crippen molar-refractivity contribution in [2.24, 2.45) is 5.92 Å². The number of hydrogen-bond donors (Lipinski definition) is 3. The van der Waals surface area contributed by atoms with Gasteiger partial charge in [-0.2, -0.15) is 11.3 Å². The third kappa shape index (κ3) is 4.55. The topological polar surface area (TPSA) is 78.4 Å². The third-order valence-corrected chi connectivity index (χ3v) is 3.86. The monoisotopic (exact) mass is 284 g/mol. The Morgan fingerprint density at radius 2 is 2.05 bits per heavy atom. The first kappa shape index (κ1) is 15.5. The minimum absolute atomic E-state index is 0.111. The van der Waals surface area contributed by atoms with Gasteiger partial charge < -0.3 is 15.7 Å². The summed E-state index contributed by atoms with van der Waals surface area (Å²) in [6.07, 6.45) is 0.692. The van der Waals surface area contributed by atoms with Crippen LogP contribution in [0.3, 0.4) is 0 Å². The summed E-state index contributed by atoms with van der Waals surface area (Å²) in [5.41, 5.74) is 1.01. The van der Waals surface area contributed by atoms with Gasteiger partial charge in [-0.1, -0.05) is 20.3 Å². The van der Waals surface area contributed by atoms with Crippen molar-refractivity contribution in [2.45, 2.75) is 39.3 Å². The standard InChI is InChI=1S/C13H20N2O3S/c1-4-8(2)11(12(16)17)15-13(18)14-9(3)10-5-6-19-7-10/h5-9,11H,4H2,1-3H3,(H,16,17)(H2,14,15,18)/t8-,9?,11-/m0/s1. The summed E-state index contributed by atoms with van der Waals surface area (Å²) in [4.78, 5) is 22.9. The summed E-state index contributed by atoms with van der Waals surface area (Å²) in [6.45, 7) is 5.57. The molecule has 0 aliphatic rings. The number of carbonyl (C=O) groups is 2. The second-order valence-electron chi connectivity index (χ2n) is 4.60. The maximum atomic E-state index is 11.8. The van der Waals surface area contributed by atoms with Crippen molar-refractivity contribution in [2.75, 3.05) is 0 Å². The molecule has 0 saturated carbocycles. The Kier molecular flexibility index (Phi) is 5.82. The van der Waals surface area contributed by atoms with E-state index in [0.29, 0.717) is 6.42 Å². The predicted molar refractivity (Wildman–Crippen MR) is 75.3 cm³/mol. The van der Waals surface area contributed by atoms with Crippen LogP contribution in [0.2, 0.25) is 0 Å². The second-order valence-corrected chi connectivity index (χ2v) is 5.38. The first-order valence-electron chi connectivity index (χ1n) is 6.27. The van der Waals surface area contributed by atoms with Crippen LogP contribution >= 0.6 is 11.3 Å². The lowest BCUT2D eigenvalue weighted by Crippen LogP contribution is -2.49. The molecule has 1 aromatic heterocycles. The van der Waals surface area contributed by atoms with E-state index >= 15 is 0 Å². The van der Waals surface area contributed by atoms with Crippen LogP contribution in [0.1, 0.15) is 38.8 Å². The van der Waals surface area contributed by atoms with Crippen LogP contribution in [0.5, 0.6) is 0 Å². The van der Waals surface area contributed by atoms with Crippen LogP contribution in [0.4, 0.5) is 4.79 Å². The molecule has 1 unspecified atom stereocenters. The SMILES string of the molecule is CC[C@H](C)[C@H](NC(=O)NC(C)c1ccsc1)C(=O)O. The van der Waals surface area contributed by atoms with Gasteiger partial charge >= 0.3 is 12.0 Å². The van der Waals surface area contributed by atoms with Gasteiger partial charge in [0.15, 0.2) is 0 Å². The Bertz CT molecular complexity index is 420. The molecule has 6 heteroatoms. The fourth-order valence-electron chi connectivity index (χ4n) is 1.67. The van der Waals surface area contributed by atoms with Crippen molar-refractivity contribution in [1.82, 2.24) is 10.6 Å². The summed E-state index contributed by atoms with van der Waals surface area (Å²) < 4.78 is 0. The Balaban J connectivity index is 2.56. The second kappa shape index (κ2) is 7.13. The summed E-state index contributed by atoms with van der Waals surface area (Å²) in [5, 5.41) is 18.2. The predicted octanol–water partition coefficient (Wildman–Crippen LogP) is 2.61. The smallest absolute Gasteiger partial charge is 0.326 e. The highest BCUT2D eigenvalue weighted by atomic mass is 32.1. The van der Waals surface area contributed by atoms with Crippen LogP contribution in [-0.4, -0.2) is 23.1 Å². The number of nitrogens with one attached hydrogen (secondary N) is 2. The molecule has 106 valence electrons. The molecule has 19 heavy (non-hydrogen) atoms. The number of amides is 2. The van der Waals surface area contributed by atoms with E-state index in [4.69, 9.17) is 5.11 Å². The zero-order valence-corrected chi connectivity index (χ0v) is 12.2. The molecule has 2 amide bonds. The van der Waals surface area contributed by atoms with Gasteiger partial charge in [0.25, 0.3) is 0 Å². The number of carbonyl (C=O) groups excluding carboxylic acids is 1. The average Bonchev–Trinajstić information content (AvgIpc) is 2.88. The zero-order valence-electron chi connectivity index (χ0n) is 11.3. The van der Waals surface area contributed by atoms with Crippen LogP contribution < -0.4 is 10.6 Å².